The van der Waals surface area contributed by atoms with Crippen LogP contribution in [0.3, 0.4) is 0 Å². The summed E-state index contributed by atoms with van der Waals surface area (Å²) in [7, 11) is -4.21. The van der Waals surface area contributed by atoms with E-state index in [1.807, 2.05) is 77.9 Å². The van der Waals surface area contributed by atoms with Crippen LogP contribution in [0, 0.1) is 20.8 Å². The number of amides is 2. The highest BCUT2D eigenvalue weighted by Gasteiger charge is 2.36. The number of carbonyl (C=O) groups is 2. The van der Waals surface area contributed by atoms with Gasteiger partial charge in [0, 0.05) is 28.5 Å². The summed E-state index contributed by atoms with van der Waals surface area (Å²) in [5.41, 5.74) is 3.72. The van der Waals surface area contributed by atoms with Crippen LogP contribution in [-0.4, -0.2) is 43.3 Å². The number of hydrogen-bond acceptors (Lipinski definition) is 4. The number of benzene rings is 4. The molecule has 0 radical (unpaired) electrons. The van der Waals surface area contributed by atoms with E-state index in [0.29, 0.717) is 21.3 Å². The molecule has 0 unspecified atom stereocenters. The van der Waals surface area contributed by atoms with Gasteiger partial charge in [-0.3, -0.25) is 13.9 Å². The van der Waals surface area contributed by atoms with Gasteiger partial charge in [-0.15, -0.1) is 0 Å². The first-order valence-corrected chi connectivity index (χ1v) is 17.5. The normalized spacial score (nSPS) is 12.3. The van der Waals surface area contributed by atoms with Crippen LogP contribution < -0.4 is 9.62 Å². The summed E-state index contributed by atoms with van der Waals surface area (Å²) in [5, 5.41) is 3.77. The van der Waals surface area contributed by atoms with Crippen molar-refractivity contribution in [2.75, 3.05) is 10.8 Å². The van der Waals surface area contributed by atoms with Gasteiger partial charge in [-0.1, -0.05) is 83.4 Å². The molecule has 0 saturated carbocycles. The molecule has 0 bridgehead atoms. The first kappa shape index (κ1) is 36.0. The van der Waals surface area contributed by atoms with Crippen molar-refractivity contribution in [3.63, 3.8) is 0 Å². The maximum absolute atomic E-state index is 14.7. The van der Waals surface area contributed by atoms with Crippen molar-refractivity contribution in [2.45, 2.75) is 71.0 Å². The first-order chi connectivity index (χ1) is 22.0. The third-order valence-corrected chi connectivity index (χ3v) is 9.88. The molecule has 10 heteroatoms. The Balaban J connectivity index is 1.86. The third-order valence-electron chi connectivity index (χ3n) is 7.51. The Bertz CT molecular complexity index is 1820. The maximum atomic E-state index is 14.7. The zero-order valence-electron chi connectivity index (χ0n) is 27.6. The fraction of sp³-hybridized carbons (Fsp3) is 0.297. The second kappa shape index (κ2) is 14.9. The lowest BCUT2D eigenvalue weighted by molar-refractivity contribution is -0.140. The van der Waals surface area contributed by atoms with Gasteiger partial charge in [0.1, 0.15) is 12.6 Å². The molecule has 1 N–H and O–H groups in total. The van der Waals surface area contributed by atoms with Crippen LogP contribution >= 0.6 is 23.2 Å². The molecule has 0 fully saturated rings. The SMILES string of the molecule is Cc1ccc(S(=O)(=O)N(CC(=O)N(Cc2ccc(Cl)cc2Cl)[C@@H](Cc2ccccc2)C(=O)NC(C)(C)C)c2cc(C)cc(C)c2)cc1. The largest absolute Gasteiger partial charge is 0.350 e. The second-order valence-electron chi connectivity index (χ2n) is 12.9. The molecular formula is C37H41Cl2N3O4S. The molecule has 0 saturated heterocycles. The van der Waals surface area contributed by atoms with E-state index in [2.05, 4.69) is 5.32 Å². The lowest BCUT2D eigenvalue weighted by atomic mass is 10.0. The topological polar surface area (TPSA) is 86.8 Å². The van der Waals surface area contributed by atoms with Gasteiger partial charge in [-0.05, 0) is 100 Å². The number of aryl methyl sites for hydroxylation is 3. The van der Waals surface area contributed by atoms with Gasteiger partial charge in [-0.2, -0.15) is 0 Å². The van der Waals surface area contributed by atoms with Crippen molar-refractivity contribution in [2.24, 2.45) is 0 Å². The van der Waals surface area contributed by atoms with E-state index in [0.717, 1.165) is 26.6 Å². The zero-order chi connectivity index (χ0) is 34.5. The molecule has 2 amide bonds. The molecule has 0 aliphatic carbocycles. The van der Waals surface area contributed by atoms with E-state index in [1.54, 1.807) is 42.5 Å². The number of rotatable bonds is 11. The summed E-state index contributed by atoms with van der Waals surface area (Å²) in [6.07, 6.45) is 0.188. The molecule has 1 atom stereocenters. The summed E-state index contributed by atoms with van der Waals surface area (Å²) in [4.78, 5) is 30.2. The summed E-state index contributed by atoms with van der Waals surface area (Å²) >= 11 is 12.8. The van der Waals surface area contributed by atoms with Gasteiger partial charge >= 0.3 is 0 Å². The van der Waals surface area contributed by atoms with Crippen LogP contribution in [-0.2, 0) is 32.6 Å². The zero-order valence-corrected chi connectivity index (χ0v) is 29.9. The smallest absolute Gasteiger partial charge is 0.264 e. The minimum Gasteiger partial charge on any atom is -0.350 e. The van der Waals surface area contributed by atoms with Crippen LogP contribution in [0.5, 0.6) is 0 Å². The molecule has 248 valence electrons. The molecule has 7 nitrogen and oxygen atoms in total. The monoisotopic (exact) mass is 693 g/mol. The first-order valence-electron chi connectivity index (χ1n) is 15.3. The van der Waals surface area contributed by atoms with Crippen LogP contribution in [0.25, 0.3) is 0 Å². The van der Waals surface area contributed by atoms with Crippen LogP contribution in [0.2, 0.25) is 10.0 Å². The predicted molar refractivity (Wildman–Crippen MR) is 190 cm³/mol. The minimum atomic E-state index is -4.21. The standard InChI is InChI=1S/C37H41Cl2N3O4S/c1-25-12-16-32(17-13-25)47(45,46)42(31-19-26(2)18-27(3)20-31)24-35(43)41(23-29-14-15-30(38)22-33(29)39)34(36(44)40-37(4,5)6)21-28-10-8-7-9-11-28/h7-20,22,34H,21,23-24H2,1-6H3,(H,40,44)/t34-/m0/s1. The Morgan fingerprint density at radius 3 is 2.00 bits per heavy atom. The lowest BCUT2D eigenvalue weighted by Gasteiger charge is -2.35. The summed E-state index contributed by atoms with van der Waals surface area (Å²) in [6.45, 7) is 10.6. The predicted octanol–water partition coefficient (Wildman–Crippen LogP) is 7.67. The average Bonchev–Trinajstić information content (AvgIpc) is 2.97. The van der Waals surface area contributed by atoms with Gasteiger partial charge < -0.3 is 10.2 Å². The fourth-order valence-electron chi connectivity index (χ4n) is 5.30. The minimum absolute atomic E-state index is 0.0497. The van der Waals surface area contributed by atoms with Gasteiger partial charge in [0.15, 0.2) is 0 Å². The molecule has 0 aliphatic heterocycles. The number of nitrogens with one attached hydrogen (secondary N) is 1. The molecule has 4 aromatic carbocycles. The molecule has 0 aromatic heterocycles. The van der Waals surface area contributed by atoms with Crippen molar-refractivity contribution in [3.05, 3.63) is 129 Å². The molecule has 4 aromatic rings. The number of nitrogens with zero attached hydrogens (tertiary/aromatic N) is 2. The Kier molecular flexibility index (Phi) is 11.4. The summed E-state index contributed by atoms with van der Waals surface area (Å²) in [5.74, 6) is -0.949. The average molecular weight is 695 g/mol. The molecule has 0 aliphatic rings. The maximum Gasteiger partial charge on any atom is 0.264 e. The van der Waals surface area contributed by atoms with Crippen LogP contribution in [0.1, 0.15) is 48.6 Å². The number of anilines is 1. The highest BCUT2D eigenvalue weighted by atomic mass is 35.5. The Hall–Kier alpha value is -3.85. The van der Waals surface area contributed by atoms with Crippen LogP contribution in [0.15, 0.2) is 95.9 Å². The Labute approximate surface area is 288 Å². The van der Waals surface area contributed by atoms with E-state index >= 15 is 0 Å². The van der Waals surface area contributed by atoms with Crippen molar-refractivity contribution in [1.29, 1.82) is 0 Å². The lowest BCUT2D eigenvalue weighted by Crippen LogP contribution is -2.56. The van der Waals surface area contributed by atoms with E-state index < -0.39 is 34.1 Å². The van der Waals surface area contributed by atoms with E-state index in [1.165, 1.54) is 17.0 Å². The van der Waals surface area contributed by atoms with E-state index in [9.17, 15) is 18.0 Å². The quantitative estimate of drug-likeness (QED) is 0.175. The van der Waals surface area contributed by atoms with E-state index in [4.69, 9.17) is 23.2 Å². The van der Waals surface area contributed by atoms with Crippen molar-refractivity contribution >= 4 is 50.7 Å². The summed E-state index contributed by atoms with van der Waals surface area (Å²) in [6, 6.07) is 25.2. The van der Waals surface area contributed by atoms with Crippen LogP contribution in [0.4, 0.5) is 5.69 Å². The summed E-state index contributed by atoms with van der Waals surface area (Å²) < 4.78 is 29.7. The Morgan fingerprint density at radius 1 is 0.809 bits per heavy atom. The van der Waals surface area contributed by atoms with Gasteiger partial charge in [0.05, 0.1) is 10.6 Å². The molecular weight excluding hydrogens is 653 g/mol. The number of sulfonamides is 1. The highest BCUT2D eigenvalue weighted by Crippen LogP contribution is 2.29. The molecule has 47 heavy (non-hydrogen) atoms. The number of hydrogen-bond donors (Lipinski definition) is 1. The van der Waals surface area contributed by atoms with Crippen molar-refractivity contribution in [3.8, 4) is 0 Å². The molecule has 0 spiro atoms. The molecule has 0 heterocycles. The molecule has 4 rings (SSSR count). The van der Waals surface area contributed by atoms with Gasteiger partial charge in [0.25, 0.3) is 10.0 Å². The number of halogens is 2. The Morgan fingerprint density at radius 2 is 1.43 bits per heavy atom. The highest BCUT2D eigenvalue weighted by molar-refractivity contribution is 7.92. The van der Waals surface area contributed by atoms with Crippen molar-refractivity contribution < 1.29 is 18.0 Å². The second-order valence-corrected chi connectivity index (χ2v) is 15.6. The number of carbonyl (C=O) groups excluding carboxylic acids is 2. The van der Waals surface area contributed by atoms with Gasteiger partial charge in [-0.25, -0.2) is 8.42 Å². The third kappa shape index (κ3) is 9.60. The van der Waals surface area contributed by atoms with Gasteiger partial charge in [0.2, 0.25) is 11.8 Å². The fourth-order valence-corrected chi connectivity index (χ4v) is 7.17. The van der Waals surface area contributed by atoms with E-state index in [-0.39, 0.29) is 23.8 Å². The van der Waals surface area contributed by atoms with Crippen molar-refractivity contribution in [1.82, 2.24) is 10.2 Å².